The lowest BCUT2D eigenvalue weighted by Gasteiger charge is -1.95. The molecule has 3 rings (SSSR count). The zero-order chi connectivity index (χ0) is 8.84. The lowest BCUT2D eigenvalue weighted by atomic mass is 10.1. The van der Waals surface area contributed by atoms with Crippen molar-refractivity contribution < 1.29 is 0 Å². The van der Waals surface area contributed by atoms with Crippen LogP contribution in [0.1, 0.15) is 17.7 Å². The fraction of sp³-hybridized carbons (Fsp3) is 0.273. The Kier molecular flexibility index (Phi) is 1.44. The highest BCUT2D eigenvalue weighted by atomic mass is 35.5. The van der Waals surface area contributed by atoms with E-state index in [4.69, 9.17) is 11.6 Å². The van der Waals surface area contributed by atoms with Crippen LogP contribution in [0.5, 0.6) is 0 Å². The number of halogens is 1. The van der Waals surface area contributed by atoms with Gasteiger partial charge >= 0.3 is 0 Å². The third kappa shape index (κ3) is 0.939. The molecule has 1 aliphatic carbocycles. The highest BCUT2D eigenvalue weighted by molar-refractivity contribution is 6.35. The van der Waals surface area contributed by atoms with Crippen molar-refractivity contribution in [3.8, 4) is 0 Å². The molecule has 0 amide bonds. The van der Waals surface area contributed by atoms with E-state index in [1.54, 1.807) is 0 Å². The minimum Gasteiger partial charge on any atom is -0.358 e. The third-order valence-electron chi connectivity index (χ3n) is 2.82. The quantitative estimate of drug-likeness (QED) is 0.658. The van der Waals surface area contributed by atoms with Crippen molar-refractivity contribution in [1.82, 2.24) is 4.98 Å². The monoisotopic (exact) mass is 191 g/mol. The first-order valence-electron chi connectivity index (χ1n) is 4.64. The number of hydrogen-bond acceptors (Lipinski definition) is 0. The van der Waals surface area contributed by atoms with Crippen LogP contribution in [-0.4, -0.2) is 4.98 Å². The molecular weight excluding hydrogens is 182 g/mol. The lowest BCUT2D eigenvalue weighted by molar-refractivity contribution is 0.899. The van der Waals surface area contributed by atoms with Gasteiger partial charge in [-0.1, -0.05) is 17.7 Å². The number of aromatic nitrogens is 1. The Labute approximate surface area is 81.7 Å². The van der Waals surface area contributed by atoms with Gasteiger partial charge in [-0.25, -0.2) is 0 Å². The second kappa shape index (κ2) is 2.52. The fourth-order valence-electron chi connectivity index (χ4n) is 2.26. The van der Waals surface area contributed by atoms with E-state index in [1.165, 1.54) is 41.4 Å². The minimum atomic E-state index is 0.886. The molecule has 1 heterocycles. The number of rotatable bonds is 0. The van der Waals surface area contributed by atoms with E-state index in [2.05, 4.69) is 11.1 Å². The number of benzene rings is 1. The molecule has 0 saturated carbocycles. The van der Waals surface area contributed by atoms with E-state index in [9.17, 15) is 0 Å². The molecule has 0 fully saturated rings. The van der Waals surface area contributed by atoms with Crippen LogP contribution in [0.15, 0.2) is 18.2 Å². The van der Waals surface area contributed by atoms with E-state index in [-0.39, 0.29) is 0 Å². The van der Waals surface area contributed by atoms with Gasteiger partial charge in [-0.05, 0) is 37.0 Å². The summed E-state index contributed by atoms with van der Waals surface area (Å²) in [6.07, 6.45) is 3.63. The highest BCUT2D eigenvalue weighted by Gasteiger charge is 2.17. The summed E-state index contributed by atoms with van der Waals surface area (Å²) in [4.78, 5) is 3.43. The van der Waals surface area contributed by atoms with E-state index >= 15 is 0 Å². The zero-order valence-electron chi connectivity index (χ0n) is 7.23. The summed E-state index contributed by atoms with van der Waals surface area (Å²) in [5.74, 6) is 0. The number of H-pyrrole nitrogens is 1. The Morgan fingerprint density at radius 1 is 1.23 bits per heavy atom. The fourth-order valence-corrected chi connectivity index (χ4v) is 2.54. The molecule has 66 valence electrons. The maximum absolute atomic E-state index is 6.16. The summed E-state index contributed by atoms with van der Waals surface area (Å²) in [5.41, 5.74) is 4.03. The molecule has 0 spiro atoms. The van der Waals surface area contributed by atoms with Crippen molar-refractivity contribution in [2.24, 2.45) is 0 Å². The van der Waals surface area contributed by atoms with Gasteiger partial charge in [-0.15, -0.1) is 0 Å². The van der Waals surface area contributed by atoms with Crippen molar-refractivity contribution in [2.45, 2.75) is 19.3 Å². The third-order valence-corrected chi connectivity index (χ3v) is 3.13. The molecule has 2 aromatic rings. The van der Waals surface area contributed by atoms with Crippen LogP contribution in [0.3, 0.4) is 0 Å². The maximum Gasteiger partial charge on any atom is 0.0502 e. The van der Waals surface area contributed by atoms with Gasteiger partial charge in [0.15, 0.2) is 0 Å². The van der Waals surface area contributed by atoms with Gasteiger partial charge in [0, 0.05) is 16.6 Å². The van der Waals surface area contributed by atoms with Crippen LogP contribution in [0, 0.1) is 0 Å². The summed E-state index contributed by atoms with van der Waals surface area (Å²) in [6, 6.07) is 6.06. The molecule has 1 aromatic carbocycles. The number of hydrogen-bond donors (Lipinski definition) is 1. The van der Waals surface area contributed by atoms with Gasteiger partial charge in [-0.2, -0.15) is 0 Å². The van der Waals surface area contributed by atoms with Gasteiger partial charge in [0.2, 0.25) is 0 Å². The van der Waals surface area contributed by atoms with Crippen LogP contribution < -0.4 is 0 Å². The molecule has 1 aliphatic rings. The Bertz CT molecular complexity index is 470. The molecule has 13 heavy (non-hydrogen) atoms. The molecule has 1 N–H and O–H groups in total. The smallest absolute Gasteiger partial charge is 0.0502 e. The summed E-state index contributed by atoms with van der Waals surface area (Å²) in [7, 11) is 0. The second-order valence-corrected chi connectivity index (χ2v) is 4.01. The van der Waals surface area contributed by atoms with Crippen LogP contribution in [0.2, 0.25) is 5.02 Å². The van der Waals surface area contributed by atoms with Crippen molar-refractivity contribution in [1.29, 1.82) is 0 Å². The predicted octanol–water partition coefficient (Wildman–Crippen LogP) is 3.31. The first-order chi connectivity index (χ1) is 6.36. The first-order valence-corrected chi connectivity index (χ1v) is 5.02. The van der Waals surface area contributed by atoms with Gasteiger partial charge in [-0.3, -0.25) is 0 Å². The van der Waals surface area contributed by atoms with Crippen LogP contribution >= 0.6 is 11.6 Å². The molecule has 2 heteroatoms. The second-order valence-electron chi connectivity index (χ2n) is 3.60. The van der Waals surface area contributed by atoms with Gasteiger partial charge in [0.25, 0.3) is 0 Å². The topological polar surface area (TPSA) is 15.8 Å². The van der Waals surface area contributed by atoms with E-state index in [0.717, 1.165) is 5.02 Å². The van der Waals surface area contributed by atoms with Crippen molar-refractivity contribution in [2.75, 3.05) is 0 Å². The number of aryl methyl sites for hydroxylation is 2. The average molecular weight is 192 g/mol. The Morgan fingerprint density at radius 2 is 2.15 bits per heavy atom. The van der Waals surface area contributed by atoms with Crippen molar-refractivity contribution in [3.63, 3.8) is 0 Å². The Morgan fingerprint density at radius 3 is 3.08 bits per heavy atom. The number of aromatic amines is 1. The molecule has 0 aliphatic heterocycles. The van der Waals surface area contributed by atoms with Crippen LogP contribution in [0.4, 0.5) is 0 Å². The van der Waals surface area contributed by atoms with Gasteiger partial charge in [0.1, 0.15) is 0 Å². The summed E-state index contributed by atoms with van der Waals surface area (Å²) in [6.45, 7) is 0. The SMILES string of the molecule is Clc1cccc2[nH]c3c(c12)CCC3. The van der Waals surface area contributed by atoms with Crippen molar-refractivity contribution >= 4 is 22.5 Å². The van der Waals surface area contributed by atoms with Crippen molar-refractivity contribution in [3.05, 3.63) is 34.5 Å². The molecule has 1 aromatic heterocycles. The number of nitrogens with one attached hydrogen (secondary N) is 1. The largest absolute Gasteiger partial charge is 0.358 e. The maximum atomic E-state index is 6.16. The molecular formula is C11H10ClN. The zero-order valence-corrected chi connectivity index (χ0v) is 7.99. The van der Waals surface area contributed by atoms with E-state index in [0.29, 0.717) is 0 Å². The molecule has 0 saturated heterocycles. The number of fused-ring (bicyclic) bond motifs is 3. The Hall–Kier alpha value is -0.950. The molecule has 0 radical (unpaired) electrons. The summed E-state index contributed by atoms with van der Waals surface area (Å²) < 4.78 is 0. The molecule has 1 nitrogen and oxygen atoms in total. The summed E-state index contributed by atoms with van der Waals surface area (Å²) in [5, 5.41) is 2.13. The van der Waals surface area contributed by atoms with Crippen LogP contribution in [0.25, 0.3) is 10.9 Å². The van der Waals surface area contributed by atoms with E-state index < -0.39 is 0 Å². The molecule has 0 unspecified atom stereocenters. The Balaban J connectivity index is 2.46. The van der Waals surface area contributed by atoms with Gasteiger partial charge < -0.3 is 4.98 Å². The molecule has 0 bridgehead atoms. The first kappa shape index (κ1) is 7.45. The normalized spacial score (nSPS) is 15.2. The van der Waals surface area contributed by atoms with Crippen LogP contribution in [-0.2, 0) is 12.8 Å². The standard InChI is InChI=1S/C11H10ClN/c12-8-4-2-6-10-11(8)7-3-1-5-9(7)13-10/h2,4,6,13H,1,3,5H2. The van der Waals surface area contributed by atoms with Gasteiger partial charge in [0.05, 0.1) is 5.02 Å². The van der Waals surface area contributed by atoms with E-state index in [1.807, 2.05) is 12.1 Å². The molecule has 0 atom stereocenters. The predicted molar refractivity (Wildman–Crippen MR) is 55.3 cm³/mol. The highest BCUT2D eigenvalue weighted by Crippen LogP contribution is 2.34. The summed E-state index contributed by atoms with van der Waals surface area (Å²) >= 11 is 6.16. The minimum absolute atomic E-state index is 0.886. The lowest BCUT2D eigenvalue weighted by Crippen LogP contribution is -1.76. The average Bonchev–Trinajstić information content (AvgIpc) is 2.62.